The van der Waals surface area contributed by atoms with E-state index in [1.165, 1.54) is 11.3 Å². The van der Waals surface area contributed by atoms with Gasteiger partial charge in [-0.15, -0.1) is 23.1 Å². The van der Waals surface area contributed by atoms with Gasteiger partial charge in [-0.25, -0.2) is 0 Å². The summed E-state index contributed by atoms with van der Waals surface area (Å²) in [6, 6.07) is 0. The van der Waals surface area contributed by atoms with Gasteiger partial charge in [0.2, 0.25) is 0 Å². The highest BCUT2D eigenvalue weighted by molar-refractivity contribution is 7.99. The van der Waals surface area contributed by atoms with Gasteiger partial charge in [-0.2, -0.15) is 0 Å². The first kappa shape index (κ1) is 16.2. The van der Waals surface area contributed by atoms with Gasteiger partial charge in [-0.1, -0.05) is 13.3 Å². The van der Waals surface area contributed by atoms with E-state index in [1.54, 1.807) is 30.8 Å². The first-order chi connectivity index (χ1) is 8.93. The number of thiophene rings is 1. The standard InChI is InChI=1S/C13H23N3OS2/c1-6-7-8-16(4)13-11(18-5)9(14)10(19-13)12(17)15(2)3/h6-8,14H2,1-5H3. The molecule has 1 amide bonds. The molecule has 0 aliphatic carbocycles. The van der Waals surface area contributed by atoms with Crippen LogP contribution in [0.15, 0.2) is 4.90 Å². The van der Waals surface area contributed by atoms with Crippen molar-refractivity contribution in [3.05, 3.63) is 4.88 Å². The summed E-state index contributed by atoms with van der Waals surface area (Å²) in [7, 11) is 5.56. The molecule has 1 aromatic heterocycles. The van der Waals surface area contributed by atoms with Crippen molar-refractivity contribution in [1.82, 2.24) is 4.90 Å². The molecule has 0 fully saturated rings. The Morgan fingerprint density at radius 2 is 2.00 bits per heavy atom. The molecule has 1 rings (SSSR count). The molecule has 0 saturated carbocycles. The zero-order chi connectivity index (χ0) is 14.6. The minimum atomic E-state index is -0.0204. The van der Waals surface area contributed by atoms with E-state index in [4.69, 9.17) is 5.73 Å². The van der Waals surface area contributed by atoms with Gasteiger partial charge in [0.15, 0.2) is 0 Å². The van der Waals surface area contributed by atoms with Crippen molar-refractivity contribution in [2.24, 2.45) is 0 Å². The van der Waals surface area contributed by atoms with E-state index < -0.39 is 0 Å². The molecule has 0 atom stereocenters. The van der Waals surface area contributed by atoms with E-state index in [2.05, 4.69) is 18.9 Å². The fraction of sp³-hybridized carbons (Fsp3) is 0.615. The van der Waals surface area contributed by atoms with Gasteiger partial charge in [-0.05, 0) is 12.7 Å². The fourth-order valence-corrected chi connectivity index (χ4v) is 3.94. The number of amides is 1. The van der Waals surface area contributed by atoms with Gasteiger partial charge in [0.1, 0.15) is 9.88 Å². The zero-order valence-electron chi connectivity index (χ0n) is 12.3. The van der Waals surface area contributed by atoms with Crippen LogP contribution >= 0.6 is 23.1 Å². The van der Waals surface area contributed by atoms with Crippen molar-refractivity contribution in [2.75, 3.05) is 44.6 Å². The normalized spacial score (nSPS) is 10.6. The molecule has 6 heteroatoms. The third-order valence-corrected chi connectivity index (χ3v) is 5.14. The number of nitrogens with zero attached hydrogens (tertiary/aromatic N) is 2. The number of hydrogen-bond donors (Lipinski definition) is 1. The molecular weight excluding hydrogens is 278 g/mol. The lowest BCUT2D eigenvalue weighted by atomic mass is 10.3. The van der Waals surface area contributed by atoms with Gasteiger partial charge < -0.3 is 15.5 Å². The minimum absolute atomic E-state index is 0.0204. The largest absolute Gasteiger partial charge is 0.396 e. The number of hydrogen-bond acceptors (Lipinski definition) is 5. The lowest BCUT2D eigenvalue weighted by molar-refractivity contribution is 0.0833. The molecule has 0 unspecified atom stereocenters. The first-order valence-electron chi connectivity index (χ1n) is 6.33. The van der Waals surface area contributed by atoms with Crippen molar-refractivity contribution in [3.8, 4) is 0 Å². The van der Waals surface area contributed by atoms with Gasteiger partial charge in [0.05, 0.1) is 10.6 Å². The highest BCUT2D eigenvalue weighted by Gasteiger charge is 2.23. The van der Waals surface area contributed by atoms with Crippen molar-refractivity contribution in [2.45, 2.75) is 24.7 Å². The molecule has 1 heterocycles. The summed E-state index contributed by atoms with van der Waals surface area (Å²) in [6.45, 7) is 3.16. The minimum Gasteiger partial charge on any atom is -0.396 e. The van der Waals surface area contributed by atoms with E-state index in [9.17, 15) is 4.79 Å². The molecule has 2 N–H and O–H groups in total. The van der Waals surface area contributed by atoms with Crippen LogP contribution < -0.4 is 10.6 Å². The van der Waals surface area contributed by atoms with Crippen LogP contribution in [0.4, 0.5) is 10.7 Å². The molecule has 0 radical (unpaired) electrons. The molecule has 4 nitrogen and oxygen atoms in total. The van der Waals surface area contributed by atoms with E-state index in [0.29, 0.717) is 10.6 Å². The number of rotatable bonds is 6. The smallest absolute Gasteiger partial charge is 0.265 e. The van der Waals surface area contributed by atoms with Crippen LogP contribution in [0.5, 0.6) is 0 Å². The second-order valence-corrected chi connectivity index (χ2v) is 6.47. The van der Waals surface area contributed by atoms with Crippen LogP contribution in [0.2, 0.25) is 0 Å². The summed E-state index contributed by atoms with van der Waals surface area (Å²) in [5.41, 5.74) is 6.76. The molecule has 0 bridgehead atoms. The fourth-order valence-electron chi connectivity index (χ4n) is 1.72. The lowest BCUT2D eigenvalue weighted by Crippen LogP contribution is -2.21. The molecule has 108 valence electrons. The molecule has 0 aromatic carbocycles. The summed E-state index contributed by atoms with van der Waals surface area (Å²) in [4.78, 5) is 17.5. The second-order valence-electron chi connectivity index (χ2n) is 4.66. The summed E-state index contributed by atoms with van der Waals surface area (Å²) in [6.07, 6.45) is 4.29. The Bertz CT molecular complexity index is 443. The van der Waals surface area contributed by atoms with Gasteiger partial charge in [0.25, 0.3) is 5.91 Å². The molecule has 0 spiro atoms. The number of nitrogens with two attached hydrogens (primary N) is 1. The van der Waals surface area contributed by atoms with Crippen LogP contribution in [0.3, 0.4) is 0 Å². The summed E-state index contributed by atoms with van der Waals surface area (Å²) in [5.74, 6) is -0.0204. The Morgan fingerprint density at radius 1 is 1.37 bits per heavy atom. The molecule has 19 heavy (non-hydrogen) atoms. The van der Waals surface area contributed by atoms with E-state index in [0.717, 1.165) is 29.3 Å². The van der Waals surface area contributed by atoms with Crippen molar-refractivity contribution in [1.29, 1.82) is 0 Å². The highest BCUT2D eigenvalue weighted by atomic mass is 32.2. The van der Waals surface area contributed by atoms with Gasteiger partial charge >= 0.3 is 0 Å². The van der Waals surface area contributed by atoms with E-state index in [-0.39, 0.29) is 5.91 Å². The third kappa shape index (κ3) is 3.57. The van der Waals surface area contributed by atoms with E-state index in [1.807, 2.05) is 6.26 Å². The van der Waals surface area contributed by atoms with Crippen LogP contribution in [-0.2, 0) is 0 Å². The van der Waals surface area contributed by atoms with Crippen molar-refractivity contribution < 1.29 is 4.79 Å². The lowest BCUT2D eigenvalue weighted by Gasteiger charge is -2.18. The topological polar surface area (TPSA) is 49.6 Å². The number of carbonyl (C=O) groups is 1. The Kier molecular flexibility index (Phi) is 6.00. The SMILES string of the molecule is CCCCN(C)c1sc(C(=O)N(C)C)c(N)c1SC. The Labute approximate surface area is 124 Å². The van der Waals surface area contributed by atoms with E-state index >= 15 is 0 Å². The summed E-state index contributed by atoms with van der Waals surface area (Å²) in [5, 5.41) is 1.10. The van der Waals surface area contributed by atoms with Crippen LogP contribution in [0, 0.1) is 0 Å². The maximum Gasteiger partial charge on any atom is 0.265 e. The van der Waals surface area contributed by atoms with Crippen molar-refractivity contribution in [3.63, 3.8) is 0 Å². The number of nitrogen functional groups attached to an aromatic ring is 1. The molecule has 1 aromatic rings. The van der Waals surface area contributed by atoms with Crippen LogP contribution in [0.25, 0.3) is 0 Å². The average molecular weight is 301 g/mol. The highest BCUT2D eigenvalue weighted by Crippen LogP contribution is 2.43. The molecule has 0 aliphatic heterocycles. The van der Waals surface area contributed by atoms with Crippen LogP contribution in [0.1, 0.15) is 29.4 Å². The number of anilines is 2. The van der Waals surface area contributed by atoms with Gasteiger partial charge in [0, 0.05) is 27.7 Å². The maximum atomic E-state index is 12.1. The Morgan fingerprint density at radius 3 is 2.47 bits per heavy atom. The van der Waals surface area contributed by atoms with Gasteiger partial charge in [-0.3, -0.25) is 4.79 Å². The quantitative estimate of drug-likeness (QED) is 0.821. The maximum absolute atomic E-state index is 12.1. The Hall–Kier alpha value is -0.880. The first-order valence-corrected chi connectivity index (χ1v) is 8.37. The predicted molar refractivity (Wildman–Crippen MR) is 86.7 cm³/mol. The summed E-state index contributed by atoms with van der Waals surface area (Å²) < 4.78 is 0. The van der Waals surface area contributed by atoms with Crippen molar-refractivity contribution >= 4 is 39.7 Å². The van der Waals surface area contributed by atoms with Crippen LogP contribution in [-0.4, -0.2) is 44.8 Å². The monoisotopic (exact) mass is 301 g/mol. The molecule has 0 aliphatic rings. The zero-order valence-corrected chi connectivity index (χ0v) is 14.0. The predicted octanol–water partition coefficient (Wildman–Crippen LogP) is 2.99. The molecular formula is C13H23N3OS2. The number of unbranched alkanes of at least 4 members (excludes halogenated alkanes) is 1. The Balaban J connectivity index is 3.12. The average Bonchev–Trinajstić information content (AvgIpc) is 2.71. The number of thioether (sulfide) groups is 1. The summed E-state index contributed by atoms with van der Waals surface area (Å²) >= 11 is 3.10. The second kappa shape index (κ2) is 7.05. The number of carbonyl (C=O) groups excluding carboxylic acids is 1. The molecule has 0 saturated heterocycles. The third-order valence-electron chi connectivity index (χ3n) is 2.88.